The largest absolute Gasteiger partial charge is 0.573 e. The number of carboxylic acid groups (broad SMARTS) is 1. The fourth-order valence-electron chi connectivity index (χ4n) is 3.22. The molecule has 1 aliphatic rings. The van der Waals surface area contributed by atoms with Gasteiger partial charge in [-0.25, -0.2) is 13.4 Å². The Morgan fingerprint density at radius 2 is 1.91 bits per heavy atom. The van der Waals surface area contributed by atoms with Crippen molar-refractivity contribution < 1.29 is 36.2 Å². The number of sulfonamides is 1. The van der Waals surface area contributed by atoms with E-state index in [1.54, 1.807) is 4.90 Å². The zero-order valence-corrected chi connectivity index (χ0v) is 18.6. The minimum Gasteiger partial charge on any atom is -0.480 e. The number of thiazole rings is 1. The number of carbonyl (C=O) groups is 1. The Bertz CT molecular complexity index is 1300. The van der Waals surface area contributed by atoms with Gasteiger partial charge in [-0.05, 0) is 35.9 Å². The van der Waals surface area contributed by atoms with Crippen LogP contribution in [0.3, 0.4) is 0 Å². The number of carboxylic acids is 1. The van der Waals surface area contributed by atoms with Crippen LogP contribution in [0, 0.1) is 0 Å². The number of aliphatic carboxylic acids is 1. The zero-order valence-electron chi connectivity index (χ0n) is 16.2. The summed E-state index contributed by atoms with van der Waals surface area (Å²) in [6.07, 6.45) is -3.45. The molecular formula is C17H13ClF3N5O5S2. The predicted octanol–water partition coefficient (Wildman–Crippen LogP) is 2.60. The molecule has 1 N–H and O–H groups in total. The fourth-order valence-corrected chi connectivity index (χ4v) is 5.82. The Hall–Kier alpha value is -2.75. The van der Waals surface area contributed by atoms with Crippen LogP contribution in [-0.2, 0) is 14.8 Å². The first-order chi connectivity index (χ1) is 15.4. The van der Waals surface area contributed by atoms with Gasteiger partial charge in [0.25, 0.3) is 0 Å². The Morgan fingerprint density at radius 3 is 2.55 bits per heavy atom. The summed E-state index contributed by atoms with van der Waals surface area (Å²) in [7, 11) is -4.32. The van der Waals surface area contributed by atoms with Gasteiger partial charge in [0.05, 0.1) is 15.8 Å². The molecule has 10 nitrogen and oxygen atoms in total. The van der Waals surface area contributed by atoms with Gasteiger partial charge in [0.1, 0.15) is 11.8 Å². The molecule has 0 aliphatic carbocycles. The maximum absolute atomic E-state index is 13.1. The van der Waals surface area contributed by atoms with Crippen molar-refractivity contribution in [2.75, 3.05) is 24.5 Å². The molecule has 0 saturated carbocycles. The summed E-state index contributed by atoms with van der Waals surface area (Å²) in [6.45, 7) is -0.271. The number of alkyl halides is 3. The number of hydrogen-bond acceptors (Lipinski definition) is 9. The number of hydrogen-bond donors (Lipinski definition) is 1. The number of fused-ring (bicyclic) bond motifs is 1. The number of halogens is 4. The van der Waals surface area contributed by atoms with E-state index >= 15 is 0 Å². The third-order valence-corrected chi connectivity index (χ3v) is 7.80. The summed E-state index contributed by atoms with van der Waals surface area (Å²) >= 11 is 6.96. The molecule has 2 aromatic heterocycles. The minimum absolute atomic E-state index is 0.00493. The second-order valence-electron chi connectivity index (χ2n) is 6.76. The summed E-state index contributed by atoms with van der Waals surface area (Å²) < 4.78 is 68.3. The molecule has 1 aliphatic heterocycles. The van der Waals surface area contributed by atoms with Crippen LogP contribution in [0.5, 0.6) is 5.75 Å². The maximum atomic E-state index is 13.1. The number of benzene rings is 1. The van der Waals surface area contributed by atoms with Gasteiger partial charge in [-0.2, -0.15) is 14.3 Å². The third kappa shape index (κ3) is 4.95. The van der Waals surface area contributed by atoms with Gasteiger partial charge >= 0.3 is 12.3 Å². The highest BCUT2D eigenvalue weighted by Gasteiger charge is 2.41. The lowest BCUT2D eigenvalue weighted by atomic mass is 10.2. The molecule has 0 radical (unpaired) electrons. The van der Waals surface area contributed by atoms with Crippen molar-refractivity contribution in [2.45, 2.75) is 17.3 Å². The van der Waals surface area contributed by atoms with Gasteiger partial charge in [-0.15, -0.1) is 13.2 Å². The Morgan fingerprint density at radius 1 is 1.21 bits per heavy atom. The molecule has 16 heteroatoms. The van der Waals surface area contributed by atoms with E-state index in [1.807, 2.05) is 0 Å². The molecule has 0 spiro atoms. The monoisotopic (exact) mass is 523 g/mol. The number of nitrogens with zero attached hydrogens (tertiary/aromatic N) is 5. The van der Waals surface area contributed by atoms with E-state index < -0.39 is 34.1 Å². The van der Waals surface area contributed by atoms with Gasteiger partial charge in [-0.3, -0.25) is 4.79 Å². The highest BCUT2D eigenvalue weighted by Crippen LogP contribution is 2.31. The number of piperazine rings is 1. The molecule has 0 bridgehead atoms. The lowest BCUT2D eigenvalue weighted by molar-refractivity contribution is -0.274. The Labute approximate surface area is 193 Å². The topological polar surface area (TPSA) is 126 Å². The summed E-state index contributed by atoms with van der Waals surface area (Å²) in [5, 5.41) is 10.1. The summed E-state index contributed by atoms with van der Waals surface area (Å²) in [5.74, 6) is -1.98. The molecular weight excluding hydrogens is 511 g/mol. The predicted molar refractivity (Wildman–Crippen MR) is 111 cm³/mol. The van der Waals surface area contributed by atoms with Crippen LogP contribution < -0.4 is 9.64 Å². The van der Waals surface area contributed by atoms with Crippen molar-refractivity contribution in [1.82, 2.24) is 19.3 Å². The van der Waals surface area contributed by atoms with Crippen molar-refractivity contribution in [3.8, 4) is 5.75 Å². The molecule has 176 valence electrons. The van der Waals surface area contributed by atoms with Crippen molar-refractivity contribution in [3.05, 3.63) is 35.7 Å². The van der Waals surface area contributed by atoms with Crippen molar-refractivity contribution in [2.24, 2.45) is 0 Å². The fraction of sp³-hybridized carbons (Fsp3) is 0.294. The quantitative estimate of drug-likeness (QED) is 0.502. The number of aromatic nitrogens is 3. The van der Waals surface area contributed by atoms with E-state index in [2.05, 4.69) is 19.7 Å². The molecule has 3 aromatic rings. The van der Waals surface area contributed by atoms with Gasteiger partial charge in [0, 0.05) is 19.6 Å². The van der Waals surface area contributed by atoms with E-state index in [9.17, 15) is 31.5 Å². The molecule has 0 amide bonds. The molecule has 1 atom stereocenters. The zero-order chi connectivity index (χ0) is 24.0. The minimum atomic E-state index is -4.93. The number of rotatable bonds is 5. The molecule has 1 aromatic carbocycles. The van der Waals surface area contributed by atoms with Gasteiger partial charge < -0.3 is 14.7 Å². The van der Waals surface area contributed by atoms with E-state index in [0.717, 1.165) is 28.6 Å². The van der Waals surface area contributed by atoms with Crippen molar-refractivity contribution in [3.63, 3.8) is 0 Å². The SMILES string of the molecule is O=C(O)C1CN(c2nc3nc(Cl)ncc3s2)CCN1S(=O)(=O)c1ccc(OC(F)(F)F)cc1. The highest BCUT2D eigenvalue weighted by atomic mass is 35.5. The normalized spacial score (nSPS) is 17.9. The van der Waals surface area contributed by atoms with Crippen LogP contribution in [0.2, 0.25) is 5.28 Å². The highest BCUT2D eigenvalue weighted by molar-refractivity contribution is 7.89. The van der Waals surface area contributed by atoms with Gasteiger partial charge in [0.15, 0.2) is 10.8 Å². The van der Waals surface area contributed by atoms with Crippen molar-refractivity contribution in [1.29, 1.82) is 0 Å². The van der Waals surface area contributed by atoms with Gasteiger partial charge in [0.2, 0.25) is 15.3 Å². The number of ether oxygens (including phenoxy) is 1. The van der Waals surface area contributed by atoms with Crippen LogP contribution in [0.1, 0.15) is 0 Å². The molecule has 33 heavy (non-hydrogen) atoms. The second-order valence-corrected chi connectivity index (χ2v) is 10.00. The lowest BCUT2D eigenvalue weighted by Gasteiger charge is -2.38. The van der Waals surface area contributed by atoms with E-state index in [-0.39, 0.29) is 29.8 Å². The van der Waals surface area contributed by atoms with Crippen molar-refractivity contribution >= 4 is 54.4 Å². The number of anilines is 1. The standard InChI is InChI=1S/C17H13ClF3N5O5S2/c18-15-22-7-12-13(23-15)24-16(32-12)25-5-6-26(11(8-25)14(27)28)33(29,30)10-3-1-9(2-4-10)31-17(19,20)21/h1-4,7,11H,5-6,8H2,(H,27,28). The molecule has 1 saturated heterocycles. The average molecular weight is 524 g/mol. The smallest absolute Gasteiger partial charge is 0.480 e. The van der Waals surface area contributed by atoms with E-state index in [1.165, 1.54) is 17.5 Å². The molecule has 1 fully saturated rings. The molecule has 3 heterocycles. The third-order valence-electron chi connectivity index (χ3n) is 4.66. The first-order valence-corrected chi connectivity index (χ1v) is 11.7. The van der Waals surface area contributed by atoms with Crippen LogP contribution in [0.4, 0.5) is 18.3 Å². The maximum Gasteiger partial charge on any atom is 0.573 e. The summed E-state index contributed by atoms with van der Waals surface area (Å²) in [5.41, 5.74) is 0.332. The van der Waals surface area contributed by atoms with E-state index in [0.29, 0.717) is 15.5 Å². The lowest BCUT2D eigenvalue weighted by Crippen LogP contribution is -2.58. The average Bonchev–Trinajstić information content (AvgIpc) is 3.15. The van der Waals surface area contributed by atoms with Crippen LogP contribution in [-0.4, -0.2) is 70.8 Å². The Balaban J connectivity index is 1.57. The van der Waals surface area contributed by atoms with Crippen LogP contribution in [0.15, 0.2) is 35.4 Å². The molecule has 1 unspecified atom stereocenters. The second kappa shape index (κ2) is 8.55. The van der Waals surface area contributed by atoms with Crippen LogP contribution in [0.25, 0.3) is 10.3 Å². The van der Waals surface area contributed by atoms with Gasteiger partial charge in [-0.1, -0.05) is 11.3 Å². The van der Waals surface area contributed by atoms with Crippen LogP contribution >= 0.6 is 22.9 Å². The summed E-state index contributed by atoms with van der Waals surface area (Å²) in [6, 6.07) is 2.09. The summed E-state index contributed by atoms with van der Waals surface area (Å²) in [4.78, 5) is 25.3. The van der Waals surface area contributed by atoms with E-state index in [4.69, 9.17) is 11.6 Å². The molecule has 4 rings (SSSR count). The Kier molecular flexibility index (Phi) is 6.07. The first kappa shape index (κ1) is 23.4. The first-order valence-electron chi connectivity index (χ1n) is 9.08.